The highest BCUT2D eigenvalue weighted by molar-refractivity contribution is 8.18. The van der Waals surface area contributed by atoms with Crippen LogP contribution in [0.1, 0.15) is 43.2 Å². The highest BCUT2D eigenvalue weighted by Gasteiger charge is 2.38. The lowest BCUT2D eigenvalue weighted by Gasteiger charge is -2.30. The molecule has 1 amide bonds. The van der Waals surface area contributed by atoms with Gasteiger partial charge in [-0.25, -0.2) is 4.99 Å². The Morgan fingerprint density at radius 3 is 2.40 bits per heavy atom. The molecule has 0 atom stereocenters. The number of hydrogen-bond acceptors (Lipinski definition) is 4. The van der Waals surface area contributed by atoms with Crippen molar-refractivity contribution < 1.29 is 9.53 Å². The van der Waals surface area contributed by atoms with Crippen LogP contribution in [0.25, 0.3) is 6.08 Å². The smallest absolute Gasteiger partial charge is 0.267 e. The Kier molecular flexibility index (Phi) is 7.55. The first-order valence-electron chi connectivity index (χ1n) is 12.0. The summed E-state index contributed by atoms with van der Waals surface area (Å²) in [5.41, 5.74) is 2.77. The molecular formula is C29H27ClN2O2S. The largest absolute Gasteiger partial charge is 0.489 e. The van der Waals surface area contributed by atoms with Crippen molar-refractivity contribution in [1.29, 1.82) is 0 Å². The molecule has 0 N–H and O–H groups in total. The van der Waals surface area contributed by atoms with Crippen molar-refractivity contribution >= 4 is 46.2 Å². The lowest BCUT2D eigenvalue weighted by Crippen LogP contribution is -2.40. The Bertz CT molecular complexity index is 1240. The van der Waals surface area contributed by atoms with E-state index < -0.39 is 0 Å². The van der Waals surface area contributed by atoms with E-state index >= 15 is 0 Å². The van der Waals surface area contributed by atoms with E-state index in [-0.39, 0.29) is 11.9 Å². The fourth-order valence-electron chi connectivity index (χ4n) is 4.43. The third kappa shape index (κ3) is 5.80. The minimum atomic E-state index is 0.0515. The molecule has 0 radical (unpaired) electrons. The summed E-state index contributed by atoms with van der Waals surface area (Å²) in [6.45, 7) is 0.407. The summed E-state index contributed by atoms with van der Waals surface area (Å²) in [7, 11) is 0. The number of amides is 1. The van der Waals surface area contributed by atoms with Crippen molar-refractivity contribution in [2.45, 2.75) is 44.8 Å². The Labute approximate surface area is 215 Å². The molecule has 2 fully saturated rings. The maximum Gasteiger partial charge on any atom is 0.267 e. The zero-order chi connectivity index (χ0) is 24.0. The Morgan fingerprint density at radius 1 is 0.943 bits per heavy atom. The Morgan fingerprint density at radius 2 is 1.66 bits per heavy atom. The monoisotopic (exact) mass is 502 g/mol. The summed E-state index contributed by atoms with van der Waals surface area (Å²) in [6, 6.07) is 25.5. The number of benzene rings is 3. The predicted molar refractivity (Wildman–Crippen MR) is 145 cm³/mol. The third-order valence-electron chi connectivity index (χ3n) is 6.29. The molecule has 178 valence electrons. The van der Waals surface area contributed by atoms with E-state index in [1.165, 1.54) is 18.2 Å². The van der Waals surface area contributed by atoms with Crippen molar-refractivity contribution in [2.75, 3.05) is 0 Å². The number of nitrogens with zero attached hydrogens (tertiary/aromatic N) is 2. The number of rotatable bonds is 6. The average Bonchev–Trinajstić information content (AvgIpc) is 3.19. The van der Waals surface area contributed by atoms with Gasteiger partial charge in [-0.2, -0.15) is 0 Å². The normalized spacial score (nSPS) is 19.0. The first-order valence-corrected chi connectivity index (χ1v) is 13.2. The average molecular weight is 503 g/mol. The van der Waals surface area contributed by atoms with Crippen LogP contribution in [0.3, 0.4) is 0 Å². The predicted octanol–water partition coefficient (Wildman–Crippen LogP) is 7.86. The van der Waals surface area contributed by atoms with E-state index in [4.69, 9.17) is 21.3 Å². The molecule has 4 nitrogen and oxygen atoms in total. The molecule has 35 heavy (non-hydrogen) atoms. The van der Waals surface area contributed by atoms with Gasteiger partial charge < -0.3 is 4.74 Å². The second-order valence-corrected chi connectivity index (χ2v) is 10.2. The van der Waals surface area contributed by atoms with Crippen LogP contribution in [0.2, 0.25) is 5.02 Å². The summed E-state index contributed by atoms with van der Waals surface area (Å²) in [4.78, 5) is 21.0. The van der Waals surface area contributed by atoms with Crippen LogP contribution in [0.4, 0.5) is 5.69 Å². The molecule has 3 aromatic carbocycles. The van der Waals surface area contributed by atoms with Crippen LogP contribution in [0, 0.1) is 0 Å². The van der Waals surface area contributed by atoms with Crippen LogP contribution in [0.15, 0.2) is 88.8 Å². The number of carbonyl (C=O) groups is 1. The van der Waals surface area contributed by atoms with Gasteiger partial charge in [0, 0.05) is 16.6 Å². The summed E-state index contributed by atoms with van der Waals surface area (Å²) in [5.74, 6) is 0.809. The number of carbonyl (C=O) groups excluding carboxylic acids is 1. The molecule has 6 heteroatoms. The minimum absolute atomic E-state index is 0.0515. The number of amidine groups is 1. The fraction of sp³-hybridized carbons (Fsp3) is 0.241. The van der Waals surface area contributed by atoms with Gasteiger partial charge in [-0.3, -0.25) is 9.69 Å². The summed E-state index contributed by atoms with van der Waals surface area (Å²) >= 11 is 7.68. The first kappa shape index (κ1) is 23.7. The number of hydrogen-bond donors (Lipinski definition) is 0. The molecule has 5 rings (SSSR count). The highest BCUT2D eigenvalue weighted by atomic mass is 35.5. The molecule has 1 aliphatic carbocycles. The number of halogens is 1. The van der Waals surface area contributed by atoms with E-state index in [0.29, 0.717) is 16.5 Å². The quantitative estimate of drug-likeness (QED) is 0.322. The van der Waals surface area contributed by atoms with Crippen molar-refractivity contribution in [3.8, 4) is 5.75 Å². The molecule has 0 unspecified atom stereocenters. The van der Waals surface area contributed by atoms with Gasteiger partial charge in [0.05, 0.1) is 10.6 Å². The van der Waals surface area contributed by atoms with Gasteiger partial charge in [0.2, 0.25) is 0 Å². The highest BCUT2D eigenvalue weighted by Crippen LogP contribution is 2.38. The van der Waals surface area contributed by atoms with E-state index in [1.807, 2.05) is 89.8 Å². The second kappa shape index (κ2) is 11.1. The fourth-order valence-corrected chi connectivity index (χ4v) is 5.68. The maximum atomic E-state index is 13.5. The van der Waals surface area contributed by atoms with E-state index in [9.17, 15) is 4.79 Å². The van der Waals surface area contributed by atoms with Crippen LogP contribution in [-0.4, -0.2) is 22.0 Å². The van der Waals surface area contributed by atoms with Gasteiger partial charge in [0.1, 0.15) is 12.4 Å². The summed E-state index contributed by atoms with van der Waals surface area (Å²) in [6.07, 6.45) is 7.58. The van der Waals surface area contributed by atoms with Crippen molar-refractivity contribution in [2.24, 2.45) is 4.99 Å². The van der Waals surface area contributed by atoms with Crippen molar-refractivity contribution in [1.82, 2.24) is 4.90 Å². The topological polar surface area (TPSA) is 41.9 Å². The van der Waals surface area contributed by atoms with Crippen LogP contribution < -0.4 is 4.74 Å². The molecule has 3 aromatic rings. The number of para-hydroxylation sites is 1. The van der Waals surface area contributed by atoms with Gasteiger partial charge in [0.15, 0.2) is 5.17 Å². The van der Waals surface area contributed by atoms with Gasteiger partial charge in [-0.1, -0.05) is 79.4 Å². The molecule has 1 saturated carbocycles. The molecule has 1 heterocycles. The first-order chi connectivity index (χ1) is 17.2. The molecule has 1 saturated heterocycles. The standard InChI is InChI=1S/C29H27ClN2O2S/c30-26-14-8-7-9-22(26)20-34-25-17-15-21(16-18-25)19-27-28(33)32(24-12-5-2-6-13-24)29(35-27)31-23-10-3-1-4-11-23/h1,3-4,7-11,14-19,24H,2,5-6,12-13,20H2/b27-19-,31-29?. The second-order valence-electron chi connectivity index (χ2n) is 8.76. The number of aliphatic imine (C=N–C) groups is 1. The van der Waals surface area contributed by atoms with Crippen LogP contribution >= 0.6 is 23.4 Å². The van der Waals surface area contributed by atoms with Gasteiger partial charge in [-0.05, 0) is 66.6 Å². The van der Waals surface area contributed by atoms with E-state index in [1.54, 1.807) is 0 Å². The zero-order valence-corrected chi connectivity index (χ0v) is 21.0. The molecule has 0 bridgehead atoms. The van der Waals surface area contributed by atoms with Gasteiger partial charge >= 0.3 is 0 Å². The van der Waals surface area contributed by atoms with E-state index in [0.717, 1.165) is 53.4 Å². The summed E-state index contributed by atoms with van der Waals surface area (Å²) < 4.78 is 5.89. The van der Waals surface area contributed by atoms with E-state index in [2.05, 4.69) is 0 Å². The SMILES string of the molecule is O=C1/C(=C/c2ccc(OCc3ccccc3Cl)cc2)SC(=Nc2ccccc2)N1C1CCCCC1. The molecule has 0 spiro atoms. The van der Waals surface area contributed by atoms with Crippen molar-refractivity contribution in [3.05, 3.63) is 99.9 Å². The minimum Gasteiger partial charge on any atom is -0.489 e. The number of thioether (sulfide) groups is 1. The lowest BCUT2D eigenvalue weighted by atomic mass is 9.94. The molecule has 1 aliphatic heterocycles. The van der Waals surface area contributed by atoms with Crippen LogP contribution in [0.5, 0.6) is 5.75 Å². The third-order valence-corrected chi connectivity index (χ3v) is 7.64. The maximum absolute atomic E-state index is 13.5. The molecule has 0 aromatic heterocycles. The summed E-state index contributed by atoms with van der Waals surface area (Å²) in [5, 5.41) is 1.47. The Balaban J connectivity index is 1.34. The Hall–Kier alpha value is -3.02. The lowest BCUT2D eigenvalue weighted by molar-refractivity contribution is -0.124. The zero-order valence-electron chi connectivity index (χ0n) is 19.4. The molecular weight excluding hydrogens is 476 g/mol. The van der Waals surface area contributed by atoms with Gasteiger partial charge in [0.25, 0.3) is 5.91 Å². The van der Waals surface area contributed by atoms with Crippen molar-refractivity contribution in [3.63, 3.8) is 0 Å². The van der Waals surface area contributed by atoms with Gasteiger partial charge in [-0.15, -0.1) is 0 Å². The number of ether oxygens (including phenoxy) is 1. The van der Waals surface area contributed by atoms with Crippen LogP contribution in [-0.2, 0) is 11.4 Å². The molecule has 2 aliphatic rings.